The van der Waals surface area contributed by atoms with Gasteiger partial charge in [-0.1, -0.05) is 88.7 Å². The van der Waals surface area contributed by atoms with Crippen LogP contribution in [0.2, 0.25) is 0 Å². The number of hydrogen-bond donors (Lipinski definition) is 0. The van der Waals surface area contributed by atoms with Gasteiger partial charge in [-0.15, -0.1) is 0 Å². The van der Waals surface area contributed by atoms with Crippen molar-refractivity contribution < 1.29 is 4.74 Å². The molecule has 1 aliphatic heterocycles. The van der Waals surface area contributed by atoms with Crippen LogP contribution in [-0.4, -0.2) is 29.9 Å². The van der Waals surface area contributed by atoms with E-state index in [1.807, 2.05) is 12.1 Å². The standard InChI is InChI=1S/C25H26BrNO/c1-28-24-14-12-20(13-15-24)17-27-18-23(26)16-25(19-27,21-8-4-2-5-9-21)22-10-6-3-7-11-22/h2-15,23H,16-19H2,1H3. The van der Waals surface area contributed by atoms with E-state index in [-0.39, 0.29) is 5.41 Å². The number of alkyl halides is 1. The second-order valence-electron chi connectivity index (χ2n) is 7.63. The highest BCUT2D eigenvalue weighted by molar-refractivity contribution is 9.09. The Balaban J connectivity index is 1.68. The molecule has 28 heavy (non-hydrogen) atoms. The molecule has 0 aromatic heterocycles. The molecule has 1 saturated heterocycles. The van der Waals surface area contributed by atoms with E-state index in [4.69, 9.17) is 4.74 Å². The normalized spacial score (nSPS) is 19.3. The zero-order valence-electron chi connectivity index (χ0n) is 16.2. The number of nitrogens with zero attached hydrogens (tertiary/aromatic N) is 1. The fourth-order valence-electron chi connectivity index (χ4n) is 4.44. The van der Waals surface area contributed by atoms with E-state index < -0.39 is 0 Å². The van der Waals surface area contributed by atoms with Crippen LogP contribution in [0.3, 0.4) is 0 Å². The van der Waals surface area contributed by atoms with E-state index in [0.717, 1.165) is 31.8 Å². The second-order valence-corrected chi connectivity index (χ2v) is 8.93. The Morgan fingerprint density at radius 2 is 1.46 bits per heavy atom. The lowest BCUT2D eigenvalue weighted by Gasteiger charge is -2.46. The third kappa shape index (κ3) is 4.01. The predicted octanol–water partition coefficient (Wildman–Crippen LogP) is 5.65. The fourth-order valence-corrected chi connectivity index (χ4v) is 5.40. The number of piperidine rings is 1. The molecule has 0 saturated carbocycles. The highest BCUT2D eigenvalue weighted by Crippen LogP contribution is 2.42. The minimum absolute atomic E-state index is 0.0125. The van der Waals surface area contributed by atoms with Crippen molar-refractivity contribution in [3.63, 3.8) is 0 Å². The summed E-state index contributed by atoms with van der Waals surface area (Å²) in [5.41, 5.74) is 4.09. The van der Waals surface area contributed by atoms with Crippen LogP contribution in [-0.2, 0) is 12.0 Å². The van der Waals surface area contributed by atoms with Crippen molar-refractivity contribution in [1.29, 1.82) is 0 Å². The van der Waals surface area contributed by atoms with Crippen molar-refractivity contribution in [2.75, 3.05) is 20.2 Å². The number of halogens is 1. The monoisotopic (exact) mass is 435 g/mol. The molecule has 1 unspecified atom stereocenters. The van der Waals surface area contributed by atoms with Crippen LogP contribution in [0.4, 0.5) is 0 Å². The summed E-state index contributed by atoms with van der Waals surface area (Å²) in [5.74, 6) is 0.906. The first-order valence-electron chi connectivity index (χ1n) is 9.80. The van der Waals surface area contributed by atoms with Crippen LogP contribution in [0.15, 0.2) is 84.9 Å². The highest BCUT2D eigenvalue weighted by Gasteiger charge is 2.41. The average molecular weight is 436 g/mol. The Labute approximate surface area is 176 Å². The van der Waals surface area contributed by atoms with E-state index in [0.29, 0.717) is 4.83 Å². The predicted molar refractivity (Wildman–Crippen MR) is 119 cm³/mol. The van der Waals surface area contributed by atoms with Gasteiger partial charge >= 0.3 is 0 Å². The summed E-state index contributed by atoms with van der Waals surface area (Å²) < 4.78 is 5.30. The van der Waals surface area contributed by atoms with Gasteiger partial charge in [-0.25, -0.2) is 0 Å². The molecule has 3 aromatic carbocycles. The number of likely N-dealkylation sites (tertiary alicyclic amines) is 1. The summed E-state index contributed by atoms with van der Waals surface area (Å²) in [4.78, 5) is 3.02. The number of methoxy groups -OCH3 is 1. The van der Waals surface area contributed by atoms with Crippen molar-refractivity contribution >= 4 is 15.9 Å². The topological polar surface area (TPSA) is 12.5 Å². The summed E-state index contributed by atoms with van der Waals surface area (Å²) in [6.45, 7) is 3.00. The van der Waals surface area contributed by atoms with Crippen LogP contribution < -0.4 is 4.74 Å². The molecule has 0 bridgehead atoms. The number of benzene rings is 3. The molecule has 3 aromatic rings. The third-order valence-electron chi connectivity index (χ3n) is 5.74. The first kappa shape index (κ1) is 19.2. The van der Waals surface area contributed by atoms with Crippen LogP contribution in [0, 0.1) is 0 Å². The first-order chi connectivity index (χ1) is 13.7. The van der Waals surface area contributed by atoms with Crippen LogP contribution >= 0.6 is 15.9 Å². The zero-order valence-corrected chi connectivity index (χ0v) is 17.8. The van der Waals surface area contributed by atoms with Gasteiger partial charge in [0.15, 0.2) is 0 Å². The molecule has 144 valence electrons. The molecule has 0 radical (unpaired) electrons. The van der Waals surface area contributed by atoms with Gasteiger partial charge in [-0.05, 0) is 35.2 Å². The maximum Gasteiger partial charge on any atom is 0.118 e. The molecule has 1 fully saturated rings. The Kier molecular flexibility index (Phi) is 5.84. The van der Waals surface area contributed by atoms with Gasteiger partial charge in [0.2, 0.25) is 0 Å². The summed E-state index contributed by atoms with van der Waals surface area (Å²) >= 11 is 3.97. The Bertz CT molecular complexity index is 840. The summed E-state index contributed by atoms with van der Waals surface area (Å²) in [5, 5.41) is 0. The SMILES string of the molecule is COc1ccc(CN2CC(Br)CC(c3ccccc3)(c3ccccc3)C2)cc1. The van der Waals surface area contributed by atoms with Gasteiger partial charge < -0.3 is 4.74 Å². The molecular weight excluding hydrogens is 410 g/mol. The third-order valence-corrected chi connectivity index (χ3v) is 6.35. The van der Waals surface area contributed by atoms with E-state index >= 15 is 0 Å². The second kappa shape index (κ2) is 8.50. The van der Waals surface area contributed by atoms with E-state index in [2.05, 4.69) is 93.6 Å². The molecule has 1 heterocycles. The largest absolute Gasteiger partial charge is 0.497 e. The molecule has 0 N–H and O–H groups in total. The van der Waals surface area contributed by atoms with Crippen LogP contribution in [0.5, 0.6) is 5.75 Å². The van der Waals surface area contributed by atoms with Gasteiger partial charge in [0.1, 0.15) is 5.75 Å². The maximum absolute atomic E-state index is 5.30. The van der Waals surface area contributed by atoms with Gasteiger partial charge in [0.05, 0.1) is 7.11 Å². The summed E-state index contributed by atoms with van der Waals surface area (Å²) in [6.07, 6.45) is 1.10. The molecule has 1 aliphatic rings. The molecule has 0 spiro atoms. The smallest absolute Gasteiger partial charge is 0.118 e. The Morgan fingerprint density at radius 3 is 2.00 bits per heavy atom. The molecular formula is C25H26BrNO. The summed E-state index contributed by atoms with van der Waals surface area (Å²) in [7, 11) is 1.71. The molecule has 4 rings (SSSR count). The van der Waals surface area contributed by atoms with Crippen molar-refractivity contribution in [2.45, 2.75) is 23.2 Å². The van der Waals surface area contributed by atoms with Crippen molar-refractivity contribution in [2.24, 2.45) is 0 Å². The zero-order chi connectivity index (χ0) is 19.4. The highest BCUT2D eigenvalue weighted by atomic mass is 79.9. The summed E-state index contributed by atoms with van der Waals surface area (Å²) in [6, 6.07) is 30.4. The van der Waals surface area contributed by atoms with Gasteiger partial charge in [0, 0.05) is 29.9 Å². The van der Waals surface area contributed by atoms with E-state index in [1.54, 1.807) is 7.11 Å². The Morgan fingerprint density at radius 1 is 0.893 bits per heavy atom. The van der Waals surface area contributed by atoms with Crippen molar-refractivity contribution in [3.05, 3.63) is 102 Å². The molecule has 1 atom stereocenters. The van der Waals surface area contributed by atoms with E-state index in [1.165, 1.54) is 16.7 Å². The lowest BCUT2D eigenvalue weighted by atomic mass is 9.69. The molecule has 0 aliphatic carbocycles. The fraction of sp³-hybridized carbons (Fsp3) is 0.280. The van der Waals surface area contributed by atoms with Crippen molar-refractivity contribution in [1.82, 2.24) is 4.90 Å². The van der Waals surface area contributed by atoms with Crippen LogP contribution in [0.1, 0.15) is 23.1 Å². The van der Waals surface area contributed by atoms with Crippen LogP contribution in [0.25, 0.3) is 0 Å². The molecule has 0 amide bonds. The van der Waals surface area contributed by atoms with Gasteiger partial charge in [0.25, 0.3) is 0 Å². The van der Waals surface area contributed by atoms with E-state index in [9.17, 15) is 0 Å². The van der Waals surface area contributed by atoms with Gasteiger partial charge in [-0.3, -0.25) is 4.90 Å². The minimum atomic E-state index is -0.0125. The number of rotatable bonds is 5. The van der Waals surface area contributed by atoms with Crippen molar-refractivity contribution in [3.8, 4) is 5.75 Å². The van der Waals surface area contributed by atoms with Gasteiger partial charge in [-0.2, -0.15) is 0 Å². The molecule has 3 heteroatoms. The Hall–Kier alpha value is -2.10. The lowest BCUT2D eigenvalue weighted by Crippen LogP contribution is -2.50. The minimum Gasteiger partial charge on any atom is -0.497 e. The average Bonchev–Trinajstić information content (AvgIpc) is 2.75. The first-order valence-corrected chi connectivity index (χ1v) is 10.7. The lowest BCUT2D eigenvalue weighted by molar-refractivity contribution is 0.168. The number of ether oxygens (including phenoxy) is 1. The maximum atomic E-state index is 5.30. The molecule has 2 nitrogen and oxygen atoms in total. The quantitative estimate of drug-likeness (QED) is 0.480. The number of hydrogen-bond acceptors (Lipinski definition) is 2.